The Morgan fingerprint density at radius 1 is 1.29 bits per heavy atom. The summed E-state index contributed by atoms with van der Waals surface area (Å²) < 4.78 is 5.44. The molecule has 21 heavy (non-hydrogen) atoms. The maximum Gasteiger partial charge on any atom is 0.254 e. The molecule has 1 aromatic rings. The van der Waals surface area contributed by atoms with Gasteiger partial charge in [0.2, 0.25) is 0 Å². The second-order valence-corrected chi connectivity index (χ2v) is 7.07. The van der Waals surface area contributed by atoms with E-state index in [4.69, 9.17) is 4.74 Å². The molecule has 0 radical (unpaired) electrons. The largest absolute Gasteiger partial charge is 0.372 e. The fourth-order valence-electron chi connectivity index (χ4n) is 4.23. The molecule has 3 aliphatic heterocycles. The predicted molar refractivity (Wildman–Crippen MR) is 79.9 cm³/mol. The first-order valence-corrected chi connectivity index (χ1v) is 7.79. The summed E-state index contributed by atoms with van der Waals surface area (Å²) in [5.74, 6) is 1.34. The van der Waals surface area contributed by atoms with Crippen molar-refractivity contribution >= 4 is 5.91 Å². The van der Waals surface area contributed by atoms with Crippen LogP contribution in [-0.2, 0) is 18.0 Å². The van der Waals surface area contributed by atoms with Crippen LogP contribution in [0, 0.1) is 11.8 Å². The van der Waals surface area contributed by atoms with Crippen LogP contribution in [0.1, 0.15) is 35.3 Å². The number of benzene rings is 1. The molecule has 3 aliphatic rings. The number of amides is 1. The van der Waals surface area contributed by atoms with Crippen molar-refractivity contribution in [1.82, 2.24) is 10.2 Å². The number of rotatable bonds is 1. The van der Waals surface area contributed by atoms with Gasteiger partial charge in [-0.1, -0.05) is 6.07 Å². The highest BCUT2D eigenvalue weighted by atomic mass is 16.5. The number of hydrogen-bond donors (Lipinski definition) is 1. The molecular weight excluding hydrogens is 264 g/mol. The quantitative estimate of drug-likeness (QED) is 0.856. The van der Waals surface area contributed by atoms with Gasteiger partial charge in [-0.15, -0.1) is 0 Å². The zero-order valence-electron chi connectivity index (χ0n) is 12.7. The van der Waals surface area contributed by atoms with Crippen molar-refractivity contribution in [2.75, 3.05) is 19.6 Å². The summed E-state index contributed by atoms with van der Waals surface area (Å²) in [7, 11) is 0. The lowest BCUT2D eigenvalue weighted by atomic mass is 9.84. The highest BCUT2D eigenvalue weighted by Gasteiger charge is 2.51. The van der Waals surface area contributed by atoms with Gasteiger partial charge in [0.1, 0.15) is 0 Å². The van der Waals surface area contributed by atoms with Gasteiger partial charge in [-0.2, -0.15) is 0 Å². The summed E-state index contributed by atoms with van der Waals surface area (Å²) in [5, 5.41) is 3.46. The van der Waals surface area contributed by atoms with Crippen molar-refractivity contribution < 1.29 is 9.53 Å². The highest BCUT2D eigenvalue weighted by Crippen LogP contribution is 2.41. The second kappa shape index (κ2) is 4.55. The molecule has 4 rings (SSSR count). The van der Waals surface area contributed by atoms with Gasteiger partial charge in [0.15, 0.2) is 0 Å². The molecule has 4 heteroatoms. The molecule has 0 saturated carbocycles. The first-order chi connectivity index (χ1) is 10.1. The molecule has 1 aromatic carbocycles. The summed E-state index contributed by atoms with van der Waals surface area (Å²) in [4.78, 5) is 15.0. The van der Waals surface area contributed by atoms with Crippen LogP contribution >= 0.6 is 0 Å². The molecule has 0 aliphatic carbocycles. The third-order valence-electron chi connectivity index (χ3n) is 5.57. The number of ether oxygens (including phenoxy) is 1. The molecule has 0 aromatic heterocycles. The summed E-state index contributed by atoms with van der Waals surface area (Å²) in [6.45, 7) is 8.66. The molecule has 1 amide bonds. The zero-order chi connectivity index (χ0) is 14.6. The van der Waals surface area contributed by atoms with E-state index in [0.717, 1.165) is 25.2 Å². The monoisotopic (exact) mass is 286 g/mol. The minimum Gasteiger partial charge on any atom is -0.372 e. The van der Waals surface area contributed by atoms with Crippen LogP contribution in [0.2, 0.25) is 0 Å². The minimum absolute atomic E-state index is 0.0687. The first-order valence-electron chi connectivity index (χ1n) is 7.79. The maximum atomic E-state index is 13.0. The lowest BCUT2D eigenvalue weighted by Crippen LogP contribution is -2.47. The van der Waals surface area contributed by atoms with Gasteiger partial charge in [0, 0.05) is 30.7 Å². The smallest absolute Gasteiger partial charge is 0.254 e. The lowest BCUT2D eigenvalue weighted by molar-refractivity contribution is 0.0603. The first kappa shape index (κ1) is 13.3. The average molecular weight is 286 g/mol. The Kier molecular flexibility index (Phi) is 2.88. The fourth-order valence-corrected chi connectivity index (χ4v) is 4.23. The van der Waals surface area contributed by atoms with Crippen LogP contribution in [0.15, 0.2) is 18.2 Å². The van der Waals surface area contributed by atoms with Gasteiger partial charge in [-0.05, 0) is 48.9 Å². The summed E-state index contributed by atoms with van der Waals surface area (Å²) in [5.41, 5.74) is 3.12. The van der Waals surface area contributed by atoms with E-state index in [0.29, 0.717) is 25.0 Å². The van der Waals surface area contributed by atoms with E-state index in [1.165, 1.54) is 11.1 Å². The number of likely N-dealkylation sites (tertiary alicyclic amines) is 1. The second-order valence-electron chi connectivity index (χ2n) is 7.07. The van der Waals surface area contributed by atoms with Crippen molar-refractivity contribution in [2.24, 2.45) is 11.8 Å². The van der Waals surface area contributed by atoms with Crippen LogP contribution in [0.4, 0.5) is 0 Å². The summed E-state index contributed by atoms with van der Waals surface area (Å²) >= 11 is 0. The average Bonchev–Trinajstić information content (AvgIpc) is 3.15. The van der Waals surface area contributed by atoms with Gasteiger partial charge in [-0.25, -0.2) is 0 Å². The molecule has 3 heterocycles. The molecule has 0 spiro atoms. The molecule has 2 atom stereocenters. The minimum atomic E-state index is -0.0687. The fraction of sp³-hybridized carbons (Fsp3) is 0.588. The van der Waals surface area contributed by atoms with E-state index in [1.807, 2.05) is 18.2 Å². The van der Waals surface area contributed by atoms with Gasteiger partial charge in [-0.3, -0.25) is 4.79 Å². The van der Waals surface area contributed by atoms with E-state index >= 15 is 0 Å². The van der Waals surface area contributed by atoms with Gasteiger partial charge in [0.25, 0.3) is 5.91 Å². The van der Waals surface area contributed by atoms with Crippen molar-refractivity contribution in [3.8, 4) is 0 Å². The van der Waals surface area contributed by atoms with E-state index in [9.17, 15) is 4.79 Å². The number of nitrogens with one attached hydrogen (secondary N) is 1. The van der Waals surface area contributed by atoms with E-state index < -0.39 is 0 Å². The normalized spacial score (nSPS) is 29.5. The highest BCUT2D eigenvalue weighted by molar-refractivity contribution is 5.95. The number of hydrogen-bond acceptors (Lipinski definition) is 3. The Morgan fingerprint density at radius 2 is 2.10 bits per heavy atom. The standard InChI is InChI=1S/C17H22N2O2/c1-17(2)15-7-18-6-14(15)8-19(17)16(20)11-3-4-12-9-21-10-13(12)5-11/h3-5,14-15,18H,6-10H2,1-2H3. The predicted octanol–water partition coefficient (Wildman–Crippen LogP) is 1.79. The Balaban J connectivity index is 1.63. The number of nitrogens with zero attached hydrogens (tertiary/aromatic N) is 1. The van der Waals surface area contributed by atoms with Crippen molar-refractivity contribution in [1.29, 1.82) is 0 Å². The van der Waals surface area contributed by atoms with Gasteiger partial charge in [0.05, 0.1) is 13.2 Å². The maximum absolute atomic E-state index is 13.0. The Morgan fingerprint density at radius 3 is 2.90 bits per heavy atom. The molecule has 2 saturated heterocycles. The Labute approximate surface area is 125 Å². The SMILES string of the molecule is CC1(C)C2CNCC2CN1C(=O)c1ccc2c(c1)COC2. The van der Waals surface area contributed by atoms with Crippen molar-refractivity contribution in [3.63, 3.8) is 0 Å². The van der Waals surface area contributed by atoms with Crippen LogP contribution in [-0.4, -0.2) is 36.0 Å². The third kappa shape index (κ3) is 1.93. The van der Waals surface area contributed by atoms with Gasteiger partial charge < -0.3 is 15.0 Å². The van der Waals surface area contributed by atoms with E-state index in [2.05, 4.69) is 24.1 Å². The Bertz CT molecular complexity index is 596. The molecule has 112 valence electrons. The Hall–Kier alpha value is -1.39. The molecule has 0 bridgehead atoms. The van der Waals surface area contributed by atoms with Crippen LogP contribution in [0.5, 0.6) is 0 Å². The molecular formula is C17H22N2O2. The van der Waals surface area contributed by atoms with Gasteiger partial charge >= 0.3 is 0 Å². The molecule has 2 unspecified atom stereocenters. The summed E-state index contributed by atoms with van der Waals surface area (Å²) in [6, 6.07) is 6.02. The van der Waals surface area contributed by atoms with E-state index in [1.54, 1.807) is 0 Å². The third-order valence-corrected chi connectivity index (χ3v) is 5.57. The van der Waals surface area contributed by atoms with Crippen molar-refractivity contribution in [3.05, 3.63) is 34.9 Å². The lowest BCUT2D eigenvalue weighted by Gasteiger charge is -2.35. The van der Waals surface area contributed by atoms with E-state index in [-0.39, 0.29) is 11.4 Å². The number of carbonyl (C=O) groups is 1. The number of fused-ring (bicyclic) bond motifs is 2. The van der Waals surface area contributed by atoms with Crippen LogP contribution in [0.3, 0.4) is 0 Å². The molecule has 4 nitrogen and oxygen atoms in total. The van der Waals surface area contributed by atoms with Crippen LogP contribution in [0.25, 0.3) is 0 Å². The van der Waals surface area contributed by atoms with Crippen molar-refractivity contribution in [2.45, 2.75) is 32.6 Å². The zero-order valence-corrected chi connectivity index (χ0v) is 12.7. The van der Waals surface area contributed by atoms with Crippen LogP contribution < -0.4 is 5.32 Å². The topological polar surface area (TPSA) is 41.6 Å². The molecule has 1 N–H and O–H groups in total. The molecule has 2 fully saturated rings. The summed E-state index contributed by atoms with van der Waals surface area (Å²) in [6.07, 6.45) is 0. The number of carbonyl (C=O) groups excluding carboxylic acids is 1.